The van der Waals surface area contributed by atoms with E-state index in [4.69, 9.17) is 0 Å². The van der Waals surface area contributed by atoms with E-state index in [0.717, 1.165) is 44.5 Å². The van der Waals surface area contributed by atoms with Gasteiger partial charge in [0, 0.05) is 13.1 Å². The van der Waals surface area contributed by atoms with E-state index in [-0.39, 0.29) is 5.91 Å². The lowest BCUT2D eigenvalue weighted by molar-refractivity contribution is 0.0718. The average molecular weight is 259 g/mol. The molecule has 0 aromatic carbocycles. The van der Waals surface area contributed by atoms with Gasteiger partial charge in [-0.05, 0) is 31.8 Å². The van der Waals surface area contributed by atoms with Crippen LogP contribution in [-0.2, 0) is 0 Å². The van der Waals surface area contributed by atoms with Gasteiger partial charge in [-0.1, -0.05) is 19.4 Å². The third kappa shape index (κ3) is 3.88. The molecule has 0 unspecified atom stereocenters. The maximum Gasteiger partial charge on any atom is 0.274 e. The van der Waals surface area contributed by atoms with Gasteiger partial charge in [-0.15, -0.1) is 0 Å². The smallest absolute Gasteiger partial charge is 0.274 e. The van der Waals surface area contributed by atoms with Gasteiger partial charge in [0.2, 0.25) is 0 Å². The van der Waals surface area contributed by atoms with E-state index in [1.165, 1.54) is 6.42 Å². The number of amides is 1. The third-order valence-electron chi connectivity index (χ3n) is 3.26. The van der Waals surface area contributed by atoms with Crippen LogP contribution in [0.15, 0.2) is 18.5 Å². The van der Waals surface area contributed by atoms with Crippen molar-refractivity contribution in [2.45, 2.75) is 39.0 Å². The van der Waals surface area contributed by atoms with Crippen molar-refractivity contribution in [2.75, 3.05) is 13.1 Å². The SMILES string of the molecule is CCC/C=C/c1cncc(C(=O)N2CCCCC2)n1. The fourth-order valence-electron chi connectivity index (χ4n) is 2.19. The first-order valence-electron chi connectivity index (χ1n) is 7.09. The van der Waals surface area contributed by atoms with E-state index in [1.54, 1.807) is 12.4 Å². The molecule has 19 heavy (non-hydrogen) atoms. The van der Waals surface area contributed by atoms with Crippen molar-refractivity contribution in [1.29, 1.82) is 0 Å². The standard InChI is InChI=1S/C15H21N3O/c1-2-3-5-8-13-11-16-12-14(17-13)15(19)18-9-6-4-7-10-18/h5,8,11-12H,2-4,6-7,9-10H2,1H3/b8-5+. The minimum absolute atomic E-state index is 0.0120. The molecule has 4 heteroatoms. The van der Waals surface area contributed by atoms with Gasteiger partial charge in [0.25, 0.3) is 5.91 Å². The van der Waals surface area contributed by atoms with E-state index >= 15 is 0 Å². The fraction of sp³-hybridized carbons (Fsp3) is 0.533. The molecule has 4 nitrogen and oxygen atoms in total. The number of hydrogen-bond donors (Lipinski definition) is 0. The summed E-state index contributed by atoms with van der Waals surface area (Å²) in [6.07, 6.45) is 12.8. The highest BCUT2D eigenvalue weighted by Gasteiger charge is 2.19. The summed E-state index contributed by atoms with van der Waals surface area (Å²) in [4.78, 5) is 22.7. The summed E-state index contributed by atoms with van der Waals surface area (Å²) in [6, 6.07) is 0. The Morgan fingerprint density at radius 2 is 2.11 bits per heavy atom. The predicted octanol–water partition coefficient (Wildman–Crippen LogP) is 2.92. The highest BCUT2D eigenvalue weighted by atomic mass is 16.2. The largest absolute Gasteiger partial charge is 0.337 e. The van der Waals surface area contributed by atoms with Crippen molar-refractivity contribution in [3.05, 3.63) is 29.9 Å². The van der Waals surface area contributed by atoms with Crippen LogP contribution in [0.1, 0.15) is 55.2 Å². The summed E-state index contributed by atoms with van der Waals surface area (Å²) >= 11 is 0. The highest BCUT2D eigenvalue weighted by molar-refractivity contribution is 5.92. The molecule has 0 aliphatic carbocycles. The molecule has 1 fully saturated rings. The molecule has 1 aromatic heterocycles. The number of rotatable bonds is 4. The predicted molar refractivity (Wildman–Crippen MR) is 75.7 cm³/mol. The number of hydrogen-bond acceptors (Lipinski definition) is 3. The molecule has 0 spiro atoms. The quantitative estimate of drug-likeness (QED) is 0.835. The normalized spacial score (nSPS) is 15.9. The van der Waals surface area contributed by atoms with E-state index in [0.29, 0.717) is 5.69 Å². The van der Waals surface area contributed by atoms with Gasteiger partial charge in [0.15, 0.2) is 0 Å². The number of nitrogens with zero attached hydrogens (tertiary/aromatic N) is 3. The summed E-state index contributed by atoms with van der Waals surface area (Å²) in [6.45, 7) is 3.82. The molecule has 0 saturated carbocycles. The number of carbonyl (C=O) groups excluding carboxylic acids is 1. The Balaban J connectivity index is 2.06. The molecular formula is C15H21N3O. The molecule has 2 rings (SSSR count). The second-order valence-electron chi connectivity index (χ2n) is 4.87. The van der Waals surface area contributed by atoms with Crippen molar-refractivity contribution in [1.82, 2.24) is 14.9 Å². The second-order valence-corrected chi connectivity index (χ2v) is 4.87. The molecule has 1 saturated heterocycles. The first kappa shape index (κ1) is 13.7. The number of carbonyl (C=O) groups is 1. The topological polar surface area (TPSA) is 46.1 Å². The van der Waals surface area contributed by atoms with Crippen LogP contribution in [-0.4, -0.2) is 33.9 Å². The molecular weight excluding hydrogens is 238 g/mol. The van der Waals surface area contributed by atoms with Crippen LogP contribution in [0.5, 0.6) is 0 Å². The Kier molecular flexibility index (Phi) is 5.07. The van der Waals surface area contributed by atoms with Crippen LogP contribution in [0, 0.1) is 0 Å². The second kappa shape index (κ2) is 7.02. The lowest BCUT2D eigenvalue weighted by Crippen LogP contribution is -2.36. The Bertz CT molecular complexity index is 450. The lowest BCUT2D eigenvalue weighted by atomic mass is 10.1. The molecule has 2 heterocycles. The molecule has 0 atom stereocenters. The van der Waals surface area contributed by atoms with Gasteiger partial charge in [0.1, 0.15) is 5.69 Å². The Labute approximate surface area is 114 Å². The minimum Gasteiger partial charge on any atom is -0.337 e. The number of allylic oxidation sites excluding steroid dienone is 1. The maximum absolute atomic E-state index is 12.3. The number of piperidine rings is 1. The summed E-state index contributed by atoms with van der Waals surface area (Å²) in [5.74, 6) is 0.0120. The van der Waals surface area contributed by atoms with Gasteiger partial charge < -0.3 is 4.90 Å². The van der Waals surface area contributed by atoms with Crippen LogP contribution >= 0.6 is 0 Å². The number of aromatic nitrogens is 2. The average Bonchev–Trinajstić information content (AvgIpc) is 2.48. The number of likely N-dealkylation sites (tertiary alicyclic amines) is 1. The zero-order chi connectivity index (χ0) is 13.5. The molecule has 1 aromatic rings. The molecule has 0 bridgehead atoms. The van der Waals surface area contributed by atoms with Crippen molar-refractivity contribution in [3.63, 3.8) is 0 Å². The first-order valence-corrected chi connectivity index (χ1v) is 7.09. The van der Waals surface area contributed by atoms with Crippen LogP contribution in [0.4, 0.5) is 0 Å². The number of unbranched alkanes of at least 4 members (excludes halogenated alkanes) is 1. The molecule has 0 N–H and O–H groups in total. The van der Waals surface area contributed by atoms with Gasteiger partial charge in [-0.3, -0.25) is 9.78 Å². The van der Waals surface area contributed by atoms with Gasteiger partial charge in [-0.2, -0.15) is 0 Å². The Hall–Kier alpha value is -1.71. The van der Waals surface area contributed by atoms with Gasteiger partial charge in [0.05, 0.1) is 18.1 Å². The molecule has 1 aliphatic heterocycles. The summed E-state index contributed by atoms with van der Waals surface area (Å²) in [7, 11) is 0. The monoisotopic (exact) mass is 259 g/mol. The fourth-order valence-corrected chi connectivity index (χ4v) is 2.19. The van der Waals surface area contributed by atoms with E-state index in [9.17, 15) is 4.79 Å². The summed E-state index contributed by atoms with van der Waals surface area (Å²) < 4.78 is 0. The first-order chi connectivity index (χ1) is 9.31. The van der Waals surface area contributed by atoms with Crippen molar-refractivity contribution >= 4 is 12.0 Å². The van der Waals surface area contributed by atoms with Crippen LogP contribution in [0.3, 0.4) is 0 Å². The zero-order valence-corrected chi connectivity index (χ0v) is 11.5. The molecule has 1 aliphatic rings. The Morgan fingerprint density at radius 3 is 2.84 bits per heavy atom. The zero-order valence-electron chi connectivity index (χ0n) is 11.5. The highest BCUT2D eigenvalue weighted by Crippen LogP contribution is 2.12. The minimum atomic E-state index is 0.0120. The van der Waals surface area contributed by atoms with Crippen LogP contribution in [0.2, 0.25) is 0 Å². The molecule has 1 amide bonds. The van der Waals surface area contributed by atoms with E-state index < -0.39 is 0 Å². The van der Waals surface area contributed by atoms with Crippen molar-refractivity contribution in [3.8, 4) is 0 Å². The summed E-state index contributed by atoms with van der Waals surface area (Å²) in [5.41, 5.74) is 1.22. The molecule has 0 radical (unpaired) electrons. The lowest BCUT2D eigenvalue weighted by Gasteiger charge is -2.26. The van der Waals surface area contributed by atoms with E-state index in [2.05, 4.69) is 23.0 Å². The van der Waals surface area contributed by atoms with E-state index in [1.807, 2.05) is 11.0 Å². The maximum atomic E-state index is 12.3. The van der Waals surface area contributed by atoms with Crippen LogP contribution in [0.25, 0.3) is 6.08 Å². The summed E-state index contributed by atoms with van der Waals surface area (Å²) in [5, 5.41) is 0. The van der Waals surface area contributed by atoms with Gasteiger partial charge >= 0.3 is 0 Å². The van der Waals surface area contributed by atoms with Crippen LogP contribution < -0.4 is 0 Å². The van der Waals surface area contributed by atoms with Crippen molar-refractivity contribution in [2.24, 2.45) is 0 Å². The Morgan fingerprint density at radius 1 is 1.32 bits per heavy atom. The molecule has 102 valence electrons. The van der Waals surface area contributed by atoms with Crippen molar-refractivity contribution < 1.29 is 4.79 Å². The van der Waals surface area contributed by atoms with Gasteiger partial charge in [-0.25, -0.2) is 4.98 Å². The third-order valence-corrected chi connectivity index (χ3v) is 3.26.